The molecule has 0 fully saturated rings. The first-order valence-corrected chi connectivity index (χ1v) is 8.15. The molecule has 0 saturated carbocycles. The molecule has 0 bridgehead atoms. The molecule has 126 valence electrons. The van der Waals surface area contributed by atoms with Crippen LogP contribution >= 0.6 is 0 Å². The molecule has 2 aromatic rings. The minimum Gasteiger partial charge on any atom is -0.493 e. The van der Waals surface area contributed by atoms with Gasteiger partial charge in [0.1, 0.15) is 0 Å². The van der Waals surface area contributed by atoms with Gasteiger partial charge >= 0.3 is 5.97 Å². The second kappa shape index (κ2) is 8.87. The largest absolute Gasteiger partial charge is 0.493 e. The number of methoxy groups -OCH3 is 1. The van der Waals surface area contributed by atoms with Crippen LogP contribution in [-0.4, -0.2) is 18.1 Å². The normalized spacial score (nSPS) is 11.0. The predicted molar refractivity (Wildman–Crippen MR) is 95.9 cm³/mol. The summed E-state index contributed by atoms with van der Waals surface area (Å²) in [4.78, 5) is 16.1. The van der Waals surface area contributed by atoms with Crippen LogP contribution in [0.1, 0.15) is 37.8 Å². The molecule has 0 saturated heterocycles. The summed E-state index contributed by atoms with van der Waals surface area (Å²) < 4.78 is 10.9. The molecule has 0 aliphatic carbocycles. The van der Waals surface area contributed by atoms with Crippen LogP contribution in [0.5, 0.6) is 11.5 Å². The molecule has 0 N–H and O–H groups in total. The van der Waals surface area contributed by atoms with E-state index >= 15 is 0 Å². The van der Waals surface area contributed by atoms with Crippen LogP contribution in [-0.2, 0) is 4.79 Å². The molecule has 2 rings (SSSR count). The minimum absolute atomic E-state index is 0.0824. The van der Waals surface area contributed by atoms with Gasteiger partial charge in [-0.2, -0.15) is 0 Å². The maximum atomic E-state index is 12.1. The topological polar surface area (TPSA) is 48.4 Å². The zero-order valence-corrected chi connectivity index (χ0v) is 14.4. The van der Waals surface area contributed by atoms with E-state index in [4.69, 9.17) is 9.47 Å². The van der Waals surface area contributed by atoms with Gasteiger partial charge in [0, 0.05) is 12.4 Å². The number of aromatic nitrogens is 1. The number of pyridine rings is 1. The molecule has 0 aliphatic heterocycles. The third-order valence-electron chi connectivity index (χ3n) is 3.89. The van der Waals surface area contributed by atoms with Crippen molar-refractivity contribution >= 4 is 18.1 Å². The van der Waals surface area contributed by atoms with E-state index in [0.29, 0.717) is 11.5 Å². The molecule has 24 heavy (non-hydrogen) atoms. The Morgan fingerprint density at radius 2 is 1.71 bits per heavy atom. The van der Waals surface area contributed by atoms with Crippen molar-refractivity contribution in [1.82, 2.24) is 4.98 Å². The molecule has 0 radical (unpaired) electrons. The first-order valence-electron chi connectivity index (χ1n) is 8.15. The summed E-state index contributed by atoms with van der Waals surface area (Å²) in [6, 6.07) is 9.38. The molecule has 4 heteroatoms. The van der Waals surface area contributed by atoms with Crippen LogP contribution in [0.15, 0.2) is 42.7 Å². The smallest absolute Gasteiger partial charge is 0.314 e. The van der Waals surface area contributed by atoms with Gasteiger partial charge in [-0.1, -0.05) is 32.1 Å². The zero-order valence-electron chi connectivity index (χ0n) is 14.4. The van der Waals surface area contributed by atoms with Gasteiger partial charge in [0.15, 0.2) is 11.5 Å². The van der Waals surface area contributed by atoms with Crippen LogP contribution in [0.2, 0.25) is 0 Å². The van der Waals surface area contributed by atoms with Crippen LogP contribution in [0.4, 0.5) is 0 Å². The number of carbonyl (C=O) groups excluding carboxylic acids is 1. The number of esters is 1. The predicted octanol–water partition coefficient (Wildman–Crippen LogP) is 4.60. The molecule has 0 unspecified atom stereocenters. The van der Waals surface area contributed by atoms with Gasteiger partial charge in [0.25, 0.3) is 0 Å². The molecule has 1 aromatic carbocycles. The van der Waals surface area contributed by atoms with Crippen molar-refractivity contribution in [3.8, 4) is 11.5 Å². The standard InChI is InChI=1S/C20H23NO3/c1-4-17(5-2)20(22)24-18-9-8-16(14-19(18)23-3)7-6-15-10-12-21-13-11-15/h6-14,17H,4-5H2,1-3H3/b7-6+. The van der Waals surface area contributed by atoms with E-state index in [1.54, 1.807) is 25.6 Å². The number of hydrogen-bond acceptors (Lipinski definition) is 4. The average molecular weight is 325 g/mol. The Morgan fingerprint density at radius 3 is 2.33 bits per heavy atom. The summed E-state index contributed by atoms with van der Waals surface area (Å²) in [7, 11) is 1.57. The number of carbonyl (C=O) groups is 1. The lowest BCUT2D eigenvalue weighted by Gasteiger charge is -2.14. The number of benzene rings is 1. The molecule has 1 heterocycles. The molecule has 0 aliphatic rings. The Hall–Kier alpha value is -2.62. The van der Waals surface area contributed by atoms with E-state index in [1.165, 1.54) is 0 Å². The Morgan fingerprint density at radius 1 is 1.04 bits per heavy atom. The Labute approximate surface area is 143 Å². The van der Waals surface area contributed by atoms with E-state index in [9.17, 15) is 4.79 Å². The monoisotopic (exact) mass is 325 g/mol. The number of nitrogens with zero attached hydrogens (tertiary/aromatic N) is 1. The van der Waals surface area contributed by atoms with Gasteiger partial charge in [0.05, 0.1) is 13.0 Å². The fourth-order valence-corrected chi connectivity index (χ4v) is 2.35. The summed E-state index contributed by atoms with van der Waals surface area (Å²) in [6.45, 7) is 3.97. The Kier molecular flexibility index (Phi) is 6.55. The molecule has 0 amide bonds. The SMILES string of the molecule is CCC(CC)C(=O)Oc1ccc(/C=C/c2ccncc2)cc1OC. The highest BCUT2D eigenvalue weighted by molar-refractivity contribution is 5.76. The third kappa shape index (κ3) is 4.69. The first kappa shape index (κ1) is 17.7. The fourth-order valence-electron chi connectivity index (χ4n) is 2.35. The van der Waals surface area contributed by atoms with Crippen molar-refractivity contribution in [2.75, 3.05) is 7.11 Å². The van der Waals surface area contributed by atoms with Gasteiger partial charge < -0.3 is 9.47 Å². The zero-order chi connectivity index (χ0) is 17.4. The van der Waals surface area contributed by atoms with Crippen LogP contribution in [0, 0.1) is 5.92 Å². The summed E-state index contributed by atoms with van der Waals surface area (Å²) in [6.07, 6.45) is 9.01. The summed E-state index contributed by atoms with van der Waals surface area (Å²) >= 11 is 0. The summed E-state index contributed by atoms with van der Waals surface area (Å²) in [5.74, 6) is 0.709. The maximum absolute atomic E-state index is 12.1. The second-order valence-electron chi connectivity index (χ2n) is 5.46. The van der Waals surface area contributed by atoms with Gasteiger partial charge in [0.2, 0.25) is 0 Å². The van der Waals surface area contributed by atoms with Crippen molar-refractivity contribution in [1.29, 1.82) is 0 Å². The lowest BCUT2D eigenvalue weighted by Crippen LogP contribution is -2.19. The van der Waals surface area contributed by atoms with Crippen molar-refractivity contribution < 1.29 is 14.3 Å². The highest BCUT2D eigenvalue weighted by Gasteiger charge is 2.18. The highest BCUT2D eigenvalue weighted by atomic mass is 16.6. The van der Waals surface area contributed by atoms with Gasteiger partial charge in [-0.25, -0.2) is 0 Å². The highest BCUT2D eigenvalue weighted by Crippen LogP contribution is 2.30. The van der Waals surface area contributed by atoms with Crippen molar-refractivity contribution in [3.63, 3.8) is 0 Å². The Bertz CT molecular complexity index is 691. The summed E-state index contributed by atoms with van der Waals surface area (Å²) in [5.41, 5.74) is 2.03. The fraction of sp³-hybridized carbons (Fsp3) is 0.300. The first-order chi connectivity index (χ1) is 11.7. The molecule has 0 atom stereocenters. The van der Waals surface area contributed by atoms with E-state index in [1.807, 2.05) is 50.3 Å². The second-order valence-corrected chi connectivity index (χ2v) is 5.46. The molecule has 4 nitrogen and oxygen atoms in total. The van der Waals surface area contributed by atoms with Crippen molar-refractivity contribution in [2.45, 2.75) is 26.7 Å². The van der Waals surface area contributed by atoms with Crippen LogP contribution in [0.25, 0.3) is 12.2 Å². The van der Waals surface area contributed by atoms with Gasteiger partial charge in [-0.15, -0.1) is 0 Å². The van der Waals surface area contributed by atoms with Crippen molar-refractivity contribution in [2.24, 2.45) is 5.92 Å². The molecular formula is C20H23NO3. The van der Waals surface area contributed by atoms with Crippen molar-refractivity contribution in [3.05, 3.63) is 53.9 Å². The molecule has 1 aromatic heterocycles. The van der Waals surface area contributed by atoms with E-state index < -0.39 is 0 Å². The van der Waals surface area contributed by atoms with Crippen LogP contribution < -0.4 is 9.47 Å². The minimum atomic E-state index is -0.210. The third-order valence-corrected chi connectivity index (χ3v) is 3.89. The number of ether oxygens (including phenoxy) is 2. The Balaban J connectivity index is 2.15. The number of hydrogen-bond donors (Lipinski definition) is 0. The quantitative estimate of drug-likeness (QED) is 0.551. The van der Waals surface area contributed by atoms with E-state index in [-0.39, 0.29) is 11.9 Å². The van der Waals surface area contributed by atoms with Gasteiger partial charge in [-0.05, 0) is 48.2 Å². The van der Waals surface area contributed by atoms with Gasteiger partial charge in [-0.3, -0.25) is 9.78 Å². The lowest BCUT2D eigenvalue weighted by atomic mass is 10.0. The molecular weight excluding hydrogens is 302 g/mol. The maximum Gasteiger partial charge on any atom is 0.314 e. The van der Waals surface area contributed by atoms with E-state index in [2.05, 4.69) is 4.98 Å². The van der Waals surface area contributed by atoms with Crippen LogP contribution in [0.3, 0.4) is 0 Å². The summed E-state index contributed by atoms with van der Waals surface area (Å²) in [5, 5.41) is 0. The molecule has 0 spiro atoms. The number of rotatable bonds is 7. The average Bonchev–Trinajstić information content (AvgIpc) is 2.62. The van der Waals surface area contributed by atoms with E-state index in [0.717, 1.165) is 24.0 Å². The lowest BCUT2D eigenvalue weighted by molar-refractivity contribution is -0.139.